The molecule has 3 aromatic carbocycles. The fourth-order valence-electron chi connectivity index (χ4n) is 2.66. The molecule has 0 aliphatic heterocycles. The summed E-state index contributed by atoms with van der Waals surface area (Å²) in [5.41, 5.74) is 3.04. The molecule has 6 heteroatoms. The van der Waals surface area contributed by atoms with Gasteiger partial charge in [0.1, 0.15) is 6.61 Å². The molecular formula is C22H20Cl2INO2. The molecule has 0 atom stereocenters. The number of hydrogen-bond donors (Lipinski definition) is 1. The SMILES string of the molecule is CCOc1cc(CNc2ccccc2Cl)cc(I)c1OCc1ccc(Cl)cc1. The summed E-state index contributed by atoms with van der Waals surface area (Å²) >= 11 is 14.4. The monoisotopic (exact) mass is 527 g/mol. The van der Waals surface area contributed by atoms with E-state index in [0.717, 1.165) is 31.9 Å². The van der Waals surface area contributed by atoms with Gasteiger partial charge in [0, 0.05) is 11.6 Å². The predicted octanol–water partition coefficient (Wildman–Crippen LogP) is 7.19. The zero-order valence-corrected chi connectivity index (χ0v) is 19.0. The second-order valence-corrected chi connectivity index (χ2v) is 8.09. The van der Waals surface area contributed by atoms with Crippen LogP contribution in [-0.2, 0) is 13.2 Å². The Kier molecular flexibility index (Phi) is 7.71. The Morgan fingerprint density at radius 2 is 1.68 bits per heavy atom. The minimum atomic E-state index is 0.449. The highest BCUT2D eigenvalue weighted by Gasteiger charge is 2.13. The number of hydrogen-bond acceptors (Lipinski definition) is 3. The molecule has 0 bridgehead atoms. The molecule has 0 fully saturated rings. The summed E-state index contributed by atoms with van der Waals surface area (Å²) in [6, 6.07) is 19.4. The van der Waals surface area contributed by atoms with Crippen LogP contribution in [0.2, 0.25) is 10.0 Å². The van der Waals surface area contributed by atoms with Crippen LogP contribution in [0.4, 0.5) is 5.69 Å². The molecule has 3 rings (SSSR count). The van der Waals surface area contributed by atoms with Gasteiger partial charge >= 0.3 is 0 Å². The van der Waals surface area contributed by atoms with Gasteiger partial charge in [-0.1, -0.05) is 47.5 Å². The third-order valence-corrected chi connectivity index (χ3v) is 5.41. The summed E-state index contributed by atoms with van der Waals surface area (Å²) in [4.78, 5) is 0. The van der Waals surface area contributed by atoms with Crippen LogP contribution in [-0.4, -0.2) is 6.61 Å². The van der Waals surface area contributed by atoms with Gasteiger partial charge in [-0.25, -0.2) is 0 Å². The van der Waals surface area contributed by atoms with Gasteiger partial charge in [-0.15, -0.1) is 0 Å². The molecule has 3 aromatic rings. The lowest BCUT2D eigenvalue weighted by Crippen LogP contribution is -2.05. The van der Waals surface area contributed by atoms with Crippen LogP contribution in [0, 0.1) is 3.57 Å². The van der Waals surface area contributed by atoms with Gasteiger partial charge in [-0.05, 0) is 77.0 Å². The third-order valence-electron chi connectivity index (χ3n) is 4.02. The average Bonchev–Trinajstić information content (AvgIpc) is 2.68. The van der Waals surface area contributed by atoms with Crippen molar-refractivity contribution in [2.75, 3.05) is 11.9 Å². The molecule has 0 unspecified atom stereocenters. The van der Waals surface area contributed by atoms with Crippen LogP contribution >= 0.6 is 45.8 Å². The van der Waals surface area contributed by atoms with E-state index in [-0.39, 0.29) is 0 Å². The molecule has 0 aromatic heterocycles. The van der Waals surface area contributed by atoms with Gasteiger partial charge < -0.3 is 14.8 Å². The van der Waals surface area contributed by atoms with Crippen LogP contribution in [0.3, 0.4) is 0 Å². The van der Waals surface area contributed by atoms with E-state index >= 15 is 0 Å². The Hall–Kier alpha value is -1.63. The smallest absolute Gasteiger partial charge is 0.174 e. The number of halogens is 3. The number of rotatable bonds is 8. The summed E-state index contributed by atoms with van der Waals surface area (Å²) in [7, 11) is 0. The van der Waals surface area contributed by atoms with E-state index in [2.05, 4.69) is 34.0 Å². The van der Waals surface area contributed by atoms with Crippen molar-refractivity contribution < 1.29 is 9.47 Å². The fraction of sp³-hybridized carbons (Fsp3) is 0.182. The van der Waals surface area contributed by atoms with E-state index in [1.54, 1.807) is 0 Å². The first-order chi connectivity index (χ1) is 13.6. The number of benzene rings is 3. The lowest BCUT2D eigenvalue weighted by molar-refractivity contribution is 0.267. The fourth-order valence-corrected chi connectivity index (χ4v) is 3.81. The van der Waals surface area contributed by atoms with Crippen molar-refractivity contribution in [3.05, 3.63) is 85.4 Å². The first-order valence-electron chi connectivity index (χ1n) is 8.87. The maximum atomic E-state index is 6.22. The van der Waals surface area contributed by atoms with Gasteiger partial charge in [0.25, 0.3) is 0 Å². The van der Waals surface area contributed by atoms with Crippen molar-refractivity contribution in [2.45, 2.75) is 20.1 Å². The van der Waals surface area contributed by atoms with Crippen LogP contribution in [0.5, 0.6) is 11.5 Å². The maximum absolute atomic E-state index is 6.22. The summed E-state index contributed by atoms with van der Waals surface area (Å²) < 4.78 is 12.9. The van der Waals surface area contributed by atoms with Crippen molar-refractivity contribution in [3.8, 4) is 11.5 Å². The van der Waals surface area contributed by atoms with Crippen molar-refractivity contribution >= 4 is 51.5 Å². The summed E-state index contributed by atoms with van der Waals surface area (Å²) in [6.07, 6.45) is 0. The lowest BCUT2D eigenvalue weighted by atomic mass is 10.2. The number of anilines is 1. The Balaban J connectivity index is 1.75. The Morgan fingerprint density at radius 1 is 0.929 bits per heavy atom. The van der Waals surface area contributed by atoms with Crippen molar-refractivity contribution in [3.63, 3.8) is 0 Å². The molecule has 0 saturated heterocycles. The Morgan fingerprint density at radius 3 is 2.39 bits per heavy atom. The highest BCUT2D eigenvalue weighted by atomic mass is 127. The molecule has 146 valence electrons. The maximum Gasteiger partial charge on any atom is 0.174 e. The highest BCUT2D eigenvalue weighted by Crippen LogP contribution is 2.35. The molecule has 0 aliphatic carbocycles. The van der Waals surface area contributed by atoms with Gasteiger partial charge in [0.05, 0.1) is 20.9 Å². The van der Waals surface area contributed by atoms with E-state index in [1.807, 2.05) is 61.5 Å². The first kappa shape index (κ1) is 21.1. The van der Waals surface area contributed by atoms with Gasteiger partial charge in [0.15, 0.2) is 11.5 Å². The lowest BCUT2D eigenvalue weighted by Gasteiger charge is -2.16. The van der Waals surface area contributed by atoms with Gasteiger partial charge in [-0.3, -0.25) is 0 Å². The van der Waals surface area contributed by atoms with Crippen molar-refractivity contribution in [1.29, 1.82) is 0 Å². The van der Waals surface area contributed by atoms with E-state index < -0.39 is 0 Å². The minimum Gasteiger partial charge on any atom is -0.490 e. The molecular weight excluding hydrogens is 508 g/mol. The average molecular weight is 528 g/mol. The zero-order valence-electron chi connectivity index (χ0n) is 15.3. The molecule has 0 aliphatic rings. The highest BCUT2D eigenvalue weighted by molar-refractivity contribution is 14.1. The molecule has 0 saturated carbocycles. The largest absolute Gasteiger partial charge is 0.490 e. The molecule has 1 N–H and O–H groups in total. The molecule has 0 heterocycles. The first-order valence-corrected chi connectivity index (χ1v) is 10.7. The van der Waals surface area contributed by atoms with E-state index in [4.69, 9.17) is 32.7 Å². The van der Waals surface area contributed by atoms with E-state index in [9.17, 15) is 0 Å². The second-order valence-electron chi connectivity index (χ2n) is 6.09. The van der Waals surface area contributed by atoms with E-state index in [0.29, 0.717) is 29.8 Å². The molecule has 0 radical (unpaired) electrons. The normalized spacial score (nSPS) is 10.6. The van der Waals surface area contributed by atoms with Crippen molar-refractivity contribution in [2.24, 2.45) is 0 Å². The van der Waals surface area contributed by atoms with Crippen molar-refractivity contribution in [1.82, 2.24) is 0 Å². The van der Waals surface area contributed by atoms with Gasteiger partial charge in [0.2, 0.25) is 0 Å². The Labute approximate surface area is 189 Å². The molecule has 3 nitrogen and oxygen atoms in total. The van der Waals surface area contributed by atoms with Crippen LogP contribution in [0.1, 0.15) is 18.1 Å². The number of ether oxygens (including phenoxy) is 2. The summed E-state index contributed by atoms with van der Waals surface area (Å²) in [5.74, 6) is 1.48. The quantitative estimate of drug-likeness (QED) is 0.314. The predicted molar refractivity (Wildman–Crippen MR) is 125 cm³/mol. The molecule has 0 spiro atoms. The zero-order chi connectivity index (χ0) is 19.9. The van der Waals surface area contributed by atoms with Gasteiger partial charge in [-0.2, -0.15) is 0 Å². The third kappa shape index (κ3) is 5.69. The molecule has 0 amide bonds. The van der Waals surface area contributed by atoms with Crippen LogP contribution in [0.25, 0.3) is 0 Å². The topological polar surface area (TPSA) is 30.5 Å². The van der Waals surface area contributed by atoms with Crippen LogP contribution in [0.15, 0.2) is 60.7 Å². The second kappa shape index (κ2) is 10.2. The number of nitrogens with one attached hydrogen (secondary N) is 1. The minimum absolute atomic E-state index is 0.449. The number of para-hydroxylation sites is 1. The van der Waals surface area contributed by atoms with E-state index in [1.165, 1.54) is 0 Å². The summed E-state index contributed by atoms with van der Waals surface area (Å²) in [5, 5.41) is 4.78. The Bertz CT molecular complexity index is 932. The summed E-state index contributed by atoms with van der Waals surface area (Å²) in [6.45, 7) is 3.61. The molecule has 28 heavy (non-hydrogen) atoms. The standard InChI is InChI=1S/C22H20Cl2INO2/c1-2-27-21-12-16(13-26-20-6-4-3-5-18(20)24)11-19(25)22(21)28-14-15-7-9-17(23)10-8-15/h3-12,26H,2,13-14H2,1H3. The van der Waals surface area contributed by atoms with Crippen LogP contribution < -0.4 is 14.8 Å².